The first-order valence-corrected chi connectivity index (χ1v) is 6.36. The number of carbonyl (C=O) groups is 1. The molecule has 3 rings (SSSR count). The highest BCUT2D eigenvalue weighted by Crippen LogP contribution is 2.34. The SMILES string of the molecule is O=C(Nc1ccccc1C(F)(F)F)c1cccc2[nH]cnc12. The maximum Gasteiger partial charge on any atom is 0.418 e. The van der Waals surface area contributed by atoms with Gasteiger partial charge in [0.05, 0.1) is 28.7 Å². The Balaban J connectivity index is 1.97. The third-order valence-electron chi connectivity index (χ3n) is 3.18. The first-order chi connectivity index (χ1) is 10.5. The number of nitrogens with zero attached hydrogens (tertiary/aromatic N) is 1. The van der Waals surface area contributed by atoms with E-state index in [2.05, 4.69) is 15.3 Å². The van der Waals surface area contributed by atoms with Gasteiger partial charge in [-0.3, -0.25) is 4.79 Å². The number of benzene rings is 2. The molecule has 0 fully saturated rings. The maximum absolute atomic E-state index is 12.9. The summed E-state index contributed by atoms with van der Waals surface area (Å²) in [6.45, 7) is 0. The number of hydrogen-bond donors (Lipinski definition) is 2. The van der Waals surface area contributed by atoms with Gasteiger partial charge < -0.3 is 10.3 Å². The third kappa shape index (κ3) is 2.52. The van der Waals surface area contributed by atoms with Crippen LogP contribution in [0.25, 0.3) is 11.0 Å². The second-order valence-corrected chi connectivity index (χ2v) is 4.60. The van der Waals surface area contributed by atoms with E-state index in [4.69, 9.17) is 0 Å². The number of imidazole rings is 1. The zero-order valence-electron chi connectivity index (χ0n) is 11.1. The molecule has 0 unspecified atom stereocenters. The quantitative estimate of drug-likeness (QED) is 0.756. The monoisotopic (exact) mass is 305 g/mol. The molecule has 0 spiro atoms. The van der Waals surface area contributed by atoms with E-state index in [1.807, 2.05) is 0 Å². The number of hydrogen-bond acceptors (Lipinski definition) is 2. The summed E-state index contributed by atoms with van der Waals surface area (Å²) in [7, 11) is 0. The zero-order valence-corrected chi connectivity index (χ0v) is 11.1. The molecular formula is C15H10F3N3O. The zero-order chi connectivity index (χ0) is 15.7. The van der Waals surface area contributed by atoms with Crippen molar-refractivity contribution in [1.29, 1.82) is 0 Å². The van der Waals surface area contributed by atoms with Gasteiger partial charge in [0.25, 0.3) is 5.91 Å². The summed E-state index contributed by atoms with van der Waals surface area (Å²) in [6, 6.07) is 9.70. The minimum Gasteiger partial charge on any atom is -0.345 e. The van der Waals surface area contributed by atoms with Gasteiger partial charge in [-0.1, -0.05) is 18.2 Å². The summed E-state index contributed by atoms with van der Waals surface area (Å²) in [6.07, 6.45) is -3.12. The Morgan fingerprint density at radius 3 is 2.64 bits per heavy atom. The lowest BCUT2D eigenvalue weighted by Crippen LogP contribution is -2.16. The molecular weight excluding hydrogens is 295 g/mol. The standard InChI is InChI=1S/C15H10F3N3O/c16-15(17,18)10-5-1-2-6-11(10)21-14(22)9-4-3-7-12-13(9)20-8-19-12/h1-8H,(H,19,20)(H,21,22). The molecule has 7 heteroatoms. The van der Waals surface area contributed by atoms with Gasteiger partial charge >= 0.3 is 6.18 Å². The van der Waals surface area contributed by atoms with E-state index in [1.54, 1.807) is 12.1 Å². The first kappa shape index (κ1) is 14.1. The first-order valence-electron chi connectivity index (χ1n) is 6.36. The average Bonchev–Trinajstić information content (AvgIpc) is 2.94. The Morgan fingerprint density at radius 2 is 1.86 bits per heavy atom. The Bertz CT molecular complexity index is 839. The predicted molar refractivity (Wildman–Crippen MR) is 75.5 cm³/mol. The summed E-state index contributed by atoms with van der Waals surface area (Å²) in [5.74, 6) is -0.644. The van der Waals surface area contributed by atoms with Crippen LogP contribution in [-0.4, -0.2) is 15.9 Å². The van der Waals surface area contributed by atoms with Crippen molar-refractivity contribution in [3.8, 4) is 0 Å². The predicted octanol–water partition coefficient (Wildman–Crippen LogP) is 3.83. The number of amides is 1. The molecule has 1 aromatic heterocycles. The van der Waals surface area contributed by atoms with Crippen LogP contribution in [0.1, 0.15) is 15.9 Å². The van der Waals surface area contributed by atoms with E-state index in [1.165, 1.54) is 30.6 Å². The Kier molecular flexibility index (Phi) is 3.32. The number of fused-ring (bicyclic) bond motifs is 1. The minimum absolute atomic E-state index is 0.204. The van der Waals surface area contributed by atoms with Crippen LogP contribution in [-0.2, 0) is 6.18 Å². The number of H-pyrrole nitrogens is 1. The summed E-state index contributed by atoms with van der Waals surface area (Å²) < 4.78 is 38.8. The molecule has 0 aliphatic carbocycles. The van der Waals surface area contributed by atoms with Gasteiger partial charge in [0.2, 0.25) is 0 Å². The van der Waals surface area contributed by atoms with Crippen molar-refractivity contribution in [2.75, 3.05) is 5.32 Å². The molecule has 2 aromatic carbocycles. The smallest absolute Gasteiger partial charge is 0.345 e. The Morgan fingerprint density at radius 1 is 1.09 bits per heavy atom. The molecule has 0 aliphatic rings. The van der Waals surface area contributed by atoms with Gasteiger partial charge in [-0.05, 0) is 24.3 Å². The third-order valence-corrected chi connectivity index (χ3v) is 3.18. The number of carbonyl (C=O) groups excluding carboxylic acids is 1. The molecule has 3 aromatic rings. The number of aromatic amines is 1. The molecule has 0 bridgehead atoms. The lowest BCUT2D eigenvalue weighted by atomic mass is 10.1. The van der Waals surface area contributed by atoms with Crippen LogP contribution < -0.4 is 5.32 Å². The molecule has 1 amide bonds. The summed E-state index contributed by atoms with van der Waals surface area (Å²) >= 11 is 0. The Hall–Kier alpha value is -2.83. The lowest BCUT2D eigenvalue weighted by molar-refractivity contribution is -0.136. The van der Waals surface area contributed by atoms with Gasteiger partial charge in [-0.2, -0.15) is 13.2 Å². The van der Waals surface area contributed by atoms with Crippen LogP contribution in [0.4, 0.5) is 18.9 Å². The molecule has 2 N–H and O–H groups in total. The number of halogens is 3. The van der Waals surface area contributed by atoms with Crippen molar-refractivity contribution in [2.24, 2.45) is 0 Å². The second-order valence-electron chi connectivity index (χ2n) is 4.60. The highest BCUT2D eigenvalue weighted by molar-refractivity contribution is 6.11. The van der Waals surface area contributed by atoms with Crippen molar-refractivity contribution in [3.63, 3.8) is 0 Å². The normalized spacial score (nSPS) is 11.6. The van der Waals surface area contributed by atoms with E-state index < -0.39 is 17.6 Å². The molecule has 22 heavy (non-hydrogen) atoms. The van der Waals surface area contributed by atoms with Crippen LogP contribution in [0, 0.1) is 0 Å². The average molecular weight is 305 g/mol. The molecule has 4 nitrogen and oxygen atoms in total. The molecule has 0 atom stereocenters. The van der Waals surface area contributed by atoms with Crippen molar-refractivity contribution < 1.29 is 18.0 Å². The van der Waals surface area contributed by atoms with Crippen molar-refractivity contribution in [2.45, 2.75) is 6.18 Å². The number of aromatic nitrogens is 2. The fourth-order valence-corrected chi connectivity index (χ4v) is 2.18. The van der Waals surface area contributed by atoms with Crippen LogP contribution in [0.3, 0.4) is 0 Å². The topological polar surface area (TPSA) is 57.8 Å². The van der Waals surface area contributed by atoms with Crippen LogP contribution in [0.15, 0.2) is 48.8 Å². The van der Waals surface area contributed by atoms with Gasteiger partial charge in [-0.15, -0.1) is 0 Å². The molecule has 1 heterocycles. The second kappa shape index (κ2) is 5.18. The highest BCUT2D eigenvalue weighted by Gasteiger charge is 2.33. The fraction of sp³-hybridized carbons (Fsp3) is 0.0667. The van der Waals surface area contributed by atoms with Crippen molar-refractivity contribution in [1.82, 2.24) is 9.97 Å². The van der Waals surface area contributed by atoms with E-state index in [9.17, 15) is 18.0 Å². The van der Waals surface area contributed by atoms with Gasteiger partial charge in [0.1, 0.15) is 5.52 Å². The maximum atomic E-state index is 12.9. The van der Waals surface area contributed by atoms with E-state index >= 15 is 0 Å². The summed E-state index contributed by atoms with van der Waals surface area (Å²) in [4.78, 5) is 19.1. The van der Waals surface area contributed by atoms with Crippen LogP contribution >= 0.6 is 0 Å². The molecule has 0 aliphatic heterocycles. The minimum atomic E-state index is -4.54. The fourth-order valence-electron chi connectivity index (χ4n) is 2.18. The molecule has 0 saturated carbocycles. The van der Waals surface area contributed by atoms with Crippen molar-refractivity contribution in [3.05, 3.63) is 59.9 Å². The van der Waals surface area contributed by atoms with Crippen LogP contribution in [0.5, 0.6) is 0 Å². The molecule has 0 radical (unpaired) electrons. The number of anilines is 1. The van der Waals surface area contributed by atoms with E-state index in [0.717, 1.165) is 6.07 Å². The van der Waals surface area contributed by atoms with Crippen molar-refractivity contribution >= 4 is 22.6 Å². The van der Waals surface area contributed by atoms with E-state index in [0.29, 0.717) is 11.0 Å². The van der Waals surface area contributed by atoms with Gasteiger partial charge in [0.15, 0.2) is 0 Å². The van der Waals surface area contributed by atoms with Gasteiger partial charge in [0, 0.05) is 0 Å². The Labute approximate surface area is 123 Å². The number of rotatable bonds is 2. The summed E-state index contributed by atoms with van der Waals surface area (Å²) in [5, 5.41) is 2.30. The lowest BCUT2D eigenvalue weighted by Gasteiger charge is -2.13. The van der Waals surface area contributed by atoms with E-state index in [-0.39, 0.29) is 11.3 Å². The summed E-state index contributed by atoms with van der Waals surface area (Å²) in [5.41, 5.74) is 0.0714. The largest absolute Gasteiger partial charge is 0.418 e. The highest BCUT2D eigenvalue weighted by atomic mass is 19.4. The molecule has 112 valence electrons. The van der Waals surface area contributed by atoms with Crippen LogP contribution in [0.2, 0.25) is 0 Å². The van der Waals surface area contributed by atoms with Gasteiger partial charge in [-0.25, -0.2) is 4.98 Å². The molecule has 0 saturated heterocycles. The number of nitrogens with one attached hydrogen (secondary N) is 2. The number of para-hydroxylation sites is 2. The number of alkyl halides is 3.